The van der Waals surface area contributed by atoms with Gasteiger partial charge in [-0.2, -0.15) is 0 Å². The van der Waals surface area contributed by atoms with Gasteiger partial charge in [0.1, 0.15) is 18.0 Å². The van der Waals surface area contributed by atoms with Crippen LogP contribution in [0.15, 0.2) is 24.3 Å². The zero-order valence-electron chi connectivity index (χ0n) is 18.6. The molecule has 2 aliphatic rings. The smallest absolute Gasteiger partial charge is 0.256 e. The average Bonchev–Trinajstić information content (AvgIpc) is 3.52. The van der Waals surface area contributed by atoms with Gasteiger partial charge >= 0.3 is 0 Å². The third kappa shape index (κ3) is 6.19. The van der Waals surface area contributed by atoms with E-state index < -0.39 is 5.60 Å². The molecule has 2 fully saturated rings. The van der Waals surface area contributed by atoms with Gasteiger partial charge in [-0.15, -0.1) is 0 Å². The number of carbonyl (C=O) groups excluding carboxylic acids is 1. The molecule has 5 nitrogen and oxygen atoms in total. The van der Waals surface area contributed by atoms with Crippen molar-refractivity contribution in [1.29, 1.82) is 0 Å². The van der Waals surface area contributed by atoms with E-state index in [0.29, 0.717) is 19.1 Å². The van der Waals surface area contributed by atoms with Crippen molar-refractivity contribution in [1.82, 2.24) is 4.90 Å². The molecule has 29 heavy (non-hydrogen) atoms. The highest BCUT2D eigenvalue weighted by molar-refractivity contribution is 5.97. The highest BCUT2D eigenvalue weighted by Gasteiger charge is 2.48. The van der Waals surface area contributed by atoms with Crippen LogP contribution >= 0.6 is 0 Å². The lowest BCUT2D eigenvalue weighted by Gasteiger charge is -2.34. The summed E-state index contributed by atoms with van der Waals surface area (Å²) < 4.78 is 11.9. The van der Waals surface area contributed by atoms with E-state index in [1.54, 1.807) is 0 Å². The summed E-state index contributed by atoms with van der Waals surface area (Å²) in [6.07, 6.45) is 4.37. The van der Waals surface area contributed by atoms with Gasteiger partial charge in [0.25, 0.3) is 5.91 Å². The molecule has 0 aromatic heterocycles. The molecule has 1 amide bonds. The van der Waals surface area contributed by atoms with Crippen molar-refractivity contribution in [3.63, 3.8) is 0 Å². The van der Waals surface area contributed by atoms with E-state index in [9.17, 15) is 4.79 Å². The quantitative estimate of drug-likeness (QED) is 0.622. The first kappa shape index (κ1) is 22.1. The fourth-order valence-electron chi connectivity index (χ4n) is 4.47. The molecule has 1 aromatic rings. The molecule has 0 bridgehead atoms. The molecular weight excluding hydrogens is 364 g/mol. The minimum atomic E-state index is -0.728. The van der Waals surface area contributed by atoms with Gasteiger partial charge in [0.2, 0.25) is 0 Å². The van der Waals surface area contributed by atoms with E-state index >= 15 is 0 Å². The number of hydrogen-bond donors (Lipinski definition) is 1. The van der Waals surface area contributed by atoms with Crippen molar-refractivity contribution in [2.24, 2.45) is 17.8 Å². The summed E-state index contributed by atoms with van der Waals surface area (Å²) in [7, 11) is 0. The molecular formula is C24H38N2O3. The number of nitrogens with zero attached hydrogens (tertiary/aromatic N) is 1. The summed E-state index contributed by atoms with van der Waals surface area (Å²) in [5, 5.41) is 3.03. The van der Waals surface area contributed by atoms with E-state index in [0.717, 1.165) is 49.1 Å². The van der Waals surface area contributed by atoms with Gasteiger partial charge in [0.05, 0.1) is 0 Å². The number of ether oxygens (including phenoxy) is 2. The SMILES string of the molecule is CCCO[C@](C)(C(=O)Nc1ccc(OCCN2C[C@H](C)C[C@H](C)C2)cc1)C1CC1. The van der Waals surface area contributed by atoms with E-state index in [2.05, 4.69) is 31.0 Å². The van der Waals surface area contributed by atoms with E-state index in [-0.39, 0.29) is 5.91 Å². The number of carbonyl (C=O) groups is 1. The maximum atomic E-state index is 12.8. The van der Waals surface area contributed by atoms with Gasteiger partial charge in [-0.05, 0) is 74.6 Å². The zero-order valence-corrected chi connectivity index (χ0v) is 18.6. The van der Waals surface area contributed by atoms with Crippen molar-refractivity contribution >= 4 is 11.6 Å². The van der Waals surface area contributed by atoms with E-state index in [4.69, 9.17) is 9.47 Å². The van der Waals surface area contributed by atoms with Gasteiger partial charge < -0.3 is 14.8 Å². The monoisotopic (exact) mass is 402 g/mol. The number of nitrogens with one attached hydrogen (secondary N) is 1. The van der Waals surface area contributed by atoms with Gasteiger partial charge in [-0.1, -0.05) is 20.8 Å². The molecule has 162 valence electrons. The Kier molecular flexibility index (Phi) is 7.58. The number of anilines is 1. The molecule has 1 heterocycles. The number of benzene rings is 1. The third-order valence-corrected chi connectivity index (χ3v) is 6.15. The van der Waals surface area contributed by atoms with E-state index in [1.807, 2.05) is 31.2 Å². The van der Waals surface area contributed by atoms with Crippen LogP contribution in [0.4, 0.5) is 5.69 Å². The maximum Gasteiger partial charge on any atom is 0.256 e. The van der Waals surface area contributed by atoms with E-state index in [1.165, 1.54) is 19.5 Å². The second-order valence-electron chi connectivity index (χ2n) is 9.26. The first-order chi connectivity index (χ1) is 13.9. The standard InChI is InChI=1S/C24H38N2O3/c1-5-13-29-24(4,20-6-7-20)23(27)25-21-8-10-22(11-9-21)28-14-12-26-16-18(2)15-19(3)17-26/h8-11,18-20H,5-7,12-17H2,1-4H3,(H,25,27)/t18-,19+,24-/m0/s1. The maximum absolute atomic E-state index is 12.8. The molecule has 5 heteroatoms. The highest BCUT2D eigenvalue weighted by atomic mass is 16.5. The Morgan fingerprint density at radius 2 is 1.79 bits per heavy atom. The van der Waals surface area contributed by atoms with Crippen molar-refractivity contribution < 1.29 is 14.3 Å². The lowest BCUT2D eigenvalue weighted by atomic mass is 9.92. The summed E-state index contributed by atoms with van der Waals surface area (Å²) >= 11 is 0. The van der Waals surface area contributed by atoms with Crippen LogP contribution in [0.5, 0.6) is 5.75 Å². The Morgan fingerprint density at radius 3 is 2.38 bits per heavy atom. The molecule has 0 radical (unpaired) electrons. The fourth-order valence-corrected chi connectivity index (χ4v) is 4.47. The number of rotatable bonds is 10. The van der Waals surface area contributed by atoms with Gasteiger partial charge in [-0.25, -0.2) is 0 Å². The van der Waals surface area contributed by atoms with Gasteiger partial charge in [-0.3, -0.25) is 9.69 Å². The molecule has 1 aliphatic carbocycles. The van der Waals surface area contributed by atoms with Crippen LogP contribution in [0, 0.1) is 17.8 Å². The lowest BCUT2D eigenvalue weighted by Crippen LogP contribution is -2.45. The third-order valence-electron chi connectivity index (χ3n) is 6.15. The van der Waals surface area contributed by atoms with Crippen LogP contribution in [0.25, 0.3) is 0 Å². The summed E-state index contributed by atoms with van der Waals surface area (Å²) in [6, 6.07) is 7.67. The molecule has 1 N–H and O–H groups in total. The van der Waals surface area contributed by atoms with Crippen LogP contribution in [-0.2, 0) is 9.53 Å². The van der Waals surface area contributed by atoms with Crippen LogP contribution in [0.3, 0.4) is 0 Å². The summed E-state index contributed by atoms with van der Waals surface area (Å²) in [4.78, 5) is 15.3. The molecule has 1 saturated carbocycles. The Hall–Kier alpha value is -1.59. The van der Waals surface area contributed by atoms with Gasteiger partial charge in [0.15, 0.2) is 0 Å². The Bertz CT molecular complexity index is 649. The van der Waals surface area contributed by atoms with Crippen molar-refractivity contribution in [3.05, 3.63) is 24.3 Å². The second-order valence-corrected chi connectivity index (χ2v) is 9.26. The molecule has 1 aromatic carbocycles. The summed E-state index contributed by atoms with van der Waals surface area (Å²) in [5.41, 5.74) is 0.0569. The normalized spacial score (nSPS) is 24.7. The Labute approximate surface area is 176 Å². The van der Waals surface area contributed by atoms with Gasteiger partial charge in [0, 0.05) is 31.9 Å². The van der Waals surface area contributed by atoms with Crippen molar-refractivity contribution in [2.75, 3.05) is 38.2 Å². The highest BCUT2D eigenvalue weighted by Crippen LogP contribution is 2.42. The number of piperidine rings is 1. The van der Waals surface area contributed by atoms with Crippen LogP contribution in [0.1, 0.15) is 53.4 Å². The Balaban J connectivity index is 1.46. The zero-order chi connectivity index (χ0) is 20.9. The minimum Gasteiger partial charge on any atom is -0.492 e. The first-order valence-electron chi connectivity index (χ1n) is 11.3. The molecule has 3 rings (SSSR count). The topological polar surface area (TPSA) is 50.8 Å². The van der Waals surface area contributed by atoms with Crippen LogP contribution in [0.2, 0.25) is 0 Å². The molecule has 1 saturated heterocycles. The number of hydrogen-bond acceptors (Lipinski definition) is 4. The molecule has 3 atom stereocenters. The van der Waals surface area contributed by atoms with Crippen molar-refractivity contribution in [2.45, 2.75) is 59.0 Å². The fraction of sp³-hybridized carbons (Fsp3) is 0.708. The molecule has 0 spiro atoms. The number of likely N-dealkylation sites (tertiary alicyclic amines) is 1. The molecule has 1 aliphatic heterocycles. The average molecular weight is 403 g/mol. The Morgan fingerprint density at radius 1 is 1.14 bits per heavy atom. The number of amides is 1. The van der Waals surface area contributed by atoms with Crippen LogP contribution < -0.4 is 10.1 Å². The minimum absolute atomic E-state index is 0.0459. The summed E-state index contributed by atoms with van der Waals surface area (Å²) in [5.74, 6) is 2.66. The largest absolute Gasteiger partial charge is 0.492 e. The second kappa shape index (κ2) is 9.94. The first-order valence-corrected chi connectivity index (χ1v) is 11.3. The molecule has 0 unspecified atom stereocenters. The van der Waals surface area contributed by atoms with Crippen LogP contribution in [-0.4, -0.2) is 49.3 Å². The summed E-state index contributed by atoms with van der Waals surface area (Å²) in [6.45, 7) is 13.2. The predicted octanol–water partition coefficient (Wildman–Crippen LogP) is 4.58. The van der Waals surface area contributed by atoms with Crippen molar-refractivity contribution in [3.8, 4) is 5.75 Å². The predicted molar refractivity (Wildman–Crippen MR) is 117 cm³/mol. The lowest BCUT2D eigenvalue weighted by molar-refractivity contribution is -0.142.